The first-order valence-corrected chi connectivity index (χ1v) is 6.27. The van der Waals surface area contributed by atoms with E-state index in [9.17, 15) is 0 Å². The molecule has 0 saturated carbocycles. The molecule has 17 heavy (non-hydrogen) atoms. The highest BCUT2D eigenvalue weighted by molar-refractivity contribution is 5.45. The molecule has 0 bridgehead atoms. The first-order chi connectivity index (χ1) is 8.20. The Bertz CT molecular complexity index is 366. The topological polar surface area (TPSA) is 45.4 Å². The normalized spacial score (nSPS) is 20.8. The Morgan fingerprint density at radius 3 is 3.06 bits per heavy atom. The van der Waals surface area contributed by atoms with Crippen LogP contribution in [0.3, 0.4) is 0 Å². The predicted molar refractivity (Wildman–Crippen MR) is 71.1 cm³/mol. The fraction of sp³-hybridized carbons (Fsp3) is 0.615. The molecule has 1 aromatic heterocycles. The van der Waals surface area contributed by atoms with Crippen molar-refractivity contribution in [2.45, 2.75) is 25.4 Å². The molecule has 2 N–H and O–H groups in total. The van der Waals surface area contributed by atoms with Gasteiger partial charge < -0.3 is 15.5 Å². The molecule has 1 saturated heterocycles. The molecule has 1 aliphatic heterocycles. The number of nitrogens with zero attached hydrogens (tertiary/aromatic N) is 3. The zero-order valence-electron chi connectivity index (χ0n) is 10.8. The van der Waals surface area contributed by atoms with Crippen molar-refractivity contribution < 1.29 is 0 Å². The van der Waals surface area contributed by atoms with Crippen molar-refractivity contribution in [2.24, 2.45) is 5.73 Å². The van der Waals surface area contributed by atoms with Crippen molar-refractivity contribution in [1.82, 2.24) is 9.88 Å². The Balaban J connectivity index is 2.00. The van der Waals surface area contributed by atoms with Crippen LogP contribution in [0, 0.1) is 0 Å². The van der Waals surface area contributed by atoms with Crippen molar-refractivity contribution in [3.8, 4) is 0 Å². The molecule has 0 aliphatic carbocycles. The van der Waals surface area contributed by atoms with Gasteiger partial charge in [0.05, 0.1) is 5.69 Å². The maximum Gasteiger partial charge on any atom is 0.0560 e. The second-order valence-corrected chi connectivity index (χ2v) is 4.87. The van der Waals surface area contributed by atoms with Gasteiger partial charge in [-0.05, 0) is 38.6 Å². The molecule has 1 fully saturated rings. The number of rotatable bonds is 4. The van der Waals surface area contributed by atoms with Crippen LogP contribution < -0.4 is 10.6 Å². The van der Waals surface area contributed by atoms with Crippen LogP contribution in [0.1, 0.15) is 18.5 Å². The third kappa shape index (κ3) is 2.96. The number of likely N-dealkylation sites (N-methyl/N-ethyl adjacent to an activating group) is 2. The molecule has 94 valence electrons. The monoisotopic (exact) mass is 234 g/mol. The quantitative estimate of drug-likeness (QED) is 0.846. The summed E-state index contributed by atoms with van der Waals surface area (Å²) in [5.41, 5.74) is 7.78. The fourth-order valence-electron chi connectivity index (χ4n) is 2.45. The van der Waals surface area contributed by atoms with Crippen LogP contribution in [0.2, 0.25) is 0 Å². The lowest BCUT2D eigenvalue weighted by Gasteiger charge is -2.27. The van der Waals surface area contributed by atoms with Gasteiger partial charge in [0.1, 0.15) is 0 Å². The van der Waals surface area contributed by atoms with E-state index in [1.807, 2.05) is 12.3 Å². The van der Waals surface area contributed by atoms with Crippen molar-refractivity contribution in [1.29, 1.82) is 0 Å². The van der Waals surface area contributed by atoms with Crippen molar-refractivity contribution in [3.05, 3.63) is 24.0 Å². The first-order valence-electron chi connectivity index (χ1n) is 6.27. The minimum atomic E-state index is 0.505. The minimum absolute atomic E-state index is 0.505. The average Bonchev–Trinajstić information content (AvgIpc) is 2.75. The minimum Gasteiger partial charge on any atom is -0.373 e. The number of hydrogen-bond acceptors (Lipinski definition) is 4. The van der Waals surface area contributed by atoms with Crippen LogP contribution in [-0.2, 0) is 6.54 Å². The molecule has 1 aliphatic rings. The number of anilines is 1. The number of pyridine rings is 1. The Labute approximate surface area is 103 Å². The lowest BCUT2D eigenvalue weighted by atomic mass is 10.2. The number of hydrogen-bond donors (Lipinski definition) is 1. The Morgan fingerprint density at radius 2 is 2.41 bits per heavy atom. The zero-order chi connectivity index (χ0) is 12.3. The molecule has 4 heteroatoms. The van der Waals surface area contributed by atoms with Gasteiger partial charge in [-0.1, -0.05) is 0 Å². The number of nitrogens with two attached hydrogens (primary N) is 1. The van der Waals surface area contributed by atoms with E-state index in [0.29, 0.717) is 12.6 Å². The molecule has 0 aromatic carbocycles. The Kier molecular flexibility index (Phi) is 3.97. The van der Waals surface area contributed by atoms with Gasteiger partial charge in [0, 0.05) is 38.1 Å². The van der Waals surface area contributed by atoms with E-state index in [1.165, 1.54) is 25.1 Å². The van der Waals surface area contributed by atoms with Gasteiger partial charge >= 0.3 is 0 Å². The summed E-state index contributed by atoms with van der Waals surface area (Å²) in [6, 6.07) is 4.80. The molecule has 1 aromatic rings. The fourth-order valence-corrected chi connectivity index (χ4v) is 2.45. The van der Waals surface area contributed by atoms with Crippen molar-refractivity contribution >= 4 is 5.69 Å². The SMILES string of the molecule is CN(CC1CCCN1C)c1ccnc(CN)c1. The van der Waals surface area contributed by atoms with Crippen LogP contribution in [0.5, 0.6) is 0 Å². The highest BCUT2D eigenvalue weighted by Gasteiger charge is 2.22. The largest absolute Gasteiger partial charge is 0.373 e. The van der Waals surface area contributed by atoms with E-state index >= 15 is 0 Å². The van der Waals surface area contributed by atoms with Gasteiger partial charge in [-0.2, -0.15) is 0 Å². The Hall–Kier alpha value is -1.13. The third-order valence-electron chi connectivity index (χ3n) is 3.61. The highest BCUT2D eigenvalue weighted by Crippen LogP contribution is 2.19. The molecule has 1 atom stereocenters. The second kappa shape index (κ2) is 5.47. The number of likely N-dealkylation sites (tertiary alicyclic amines) is 1. The van der Waals surface area contributed by atoms with E-state index < -0.39 is 0 Å². The van der Waals surface area contributed by atoms with E-state index in [4.69, 9.17) is 5.73 Å². The molecular formula is C13H22N4. The summed E-state index contributed by atoms with van der Waals surface area (Å²) in [5.74, 6) is 0. The van der Waals surface area contributed by atoms with Crippen LogP contribution in [0.15, 0.2) is 18.3 Å². The van der Waals surface area contributed by atoms with E-state index in [0.717, 1.165) is 12.2 Å². The summed E-state index contributed by atoms with van der Waals surface area (Å²) in [6.45, 7) is 2.80. The summed E-state index contributed by atoms with van der Waals surface area (Å²) in [5, 5.41) is 0. The van der Waals surface area contributed by atoms with Gasteiger partial charge in [-0.25, -0.2) is 0 Å². The maximum atomic E-state index is 5.62. The number of aromatic nitrogens is 1. The first kappa shape index (κ1) is 12.3. The predicted octanol–water partition coefficient (Wildman–Crippen LogP) is 1.07. The second-order valence-electron chi connectivity index (χ2n) is 4.87. The van der Waals surface area contributed by atoms with Gasteiger partial charge in [0.15, 0.2) is 0 Å². The molecule has 2 heterocycles. The summed E-state index contributed by atoms with van der Waals surface area (Å²) >= 11 is 0. The van der Waals surface area contributed by atoms with Gasteiger partial charge in [-0.3, -0.25) is 4.98 Å². The average molecular weight is 234 g/mol. The van der Waals surface area contributed by atoms with Gasteiger partial charge in [0.25, 0.3) is 0 Å². The third-order valence-corrected chi connectivity index (χ3v) is 3.61. The molecule has 0 amide bonds. The van der Waals surface area contributed by atoms with Gasteiger partial charge in [-0.15, -0.1) is 0 Å². The van der Waals surface area contributed by atoms with Crippen LogP contribution in [-0.4, -0.2) is 43.1 Å². The van der Waals surface area contributed by atoms with E-state index in [2.05, 4.69) is 34.9 Å². The molecular weight excluding hydrogens is 212 g/mol. The molecule has 4 nitrogen and oxygen atoms in total. The van der Waals surface area contributed by atoms with Gasteiger partial charge in [0.2, 0.25) is 0 Å². The smallest absolute Gasteiger partial charge is 0.0560 e. The molecule has 2 rings (SSSR count). The molecule has 0 spiro atoms. The van der Waals surface area contributed by atoms with Crippen LogP contribution in [0.4, 0.5) is 5.69 Å². The molecule has 0 radical (unpaired) electrons. The van der Waals surface area contributed by atoms with Crippen LogP contribution in [0.25, 0.3) is 0 Å². The summed E-state index contributed by atoms with van der Waals surface area (Å²) in [4.78, 5) is 8.97. The van der Waals surface area contributed by atoms with Crippen molar-refractivity contribution in [3.63, 3.8) is 0 Å². The zero-order valence-corrected chi connectivity index (χ0v) is 10.8. The van der Waals surface area contributed by atoms with Crippen LogP contribution >= 0.6 is 0 Å². The highest BCUT2D eigenvalue weighted by atomic mass is 15.2. The molecule has 1 unspecified atom stereocenters. The summed E-state index contributed by atoms with van der Waals surface area (Å²) in [6.07, 6.45) is 4.46. The lowest BCUT2D eigenvalue weighted by molar-refractivity contribution is 0.314. The van der Waals surface area contributed by atoms with Crippen molar-refractivity contribution in [2.75, 3.05) is 32.1 Å². The van der Waals surface area contributed by atoms with E-state index in [1.54, 1.807) is 0 Å². The summed E-state index contributed by atoms with van der Waals surface area (Å²) < 4.78 is 0. The van der Waals surface area contributed by atoms with E-state index in [-0.39, 0.29) is 0 Å². The summed E-state index contributed by atoms with van der Waals surface area (Å²) in [7, 11) is 4.35. The maximum absolute atomic E-state index is 5.62. The lowest BCUT2D eigenvalue weighted by Crippen LogP contribution is -2.36. The standard InChI is InChI=1S/C13H22N4/c1-16-7-3-4-13(16)10-17(2)12-5-6-15-11(8-12)9-14/h5-6,8,13H,3-4,7,9-10,14H2,1-2H3. The Morgan fingerprint density at radius 1 is 1.59 bits per heavy atom.